The van der Waals surface area contributed by atoms with Gasteiger partial charge in [0.2, 0.25) is 0 Å². The third kappa shape index (κ3) is 7.13. The van der Waals surface area contributed by atoms with Crippen molar-refractivity contribution in [1.29, 1.82) is 0 Å². The van der Waals surface area contributed by atoms with E-state index in [1.165, 1.54) is 64.6 Å². The second kappa shape index (κ2) is 11.3. The van der Waals surface area contributed by atoms with E-state index in [0.717, 1.165) is 37.8 Å². The average molecular weight is 376 g/mol. The lowest BCUT2D eigenvalue weighted by atomic mass is 9.88. The number of unbranched alkanes of at least 4 members (excludes halogenated alkanes) is 1. The Hall–Kier alpha value is -1.63. The molecule has 7 nitrogen and oxygen atoms in total. The molecule has 3 rings (SSSR count). The van der Waals surface area contributed by atoms with E-state index in [-0.39, 0.29) is 0 Å². The van der Waals surface area contributed by atoms with Gasteiger partial charge in [-0.05, 0) is 44.4 Å². The highest BCUT2D eigenvalue weighted by Gasteiger charge is 2.23. The highest BCUT2D eigenvalue weighted by molar-refractivity contribution is 5.79. The van der Waals surface area contributed by atoms with Crippen LogP contribution >= 0.6 is 0 Å². The number of nitrogens with zero attached hydrogens (tertiary/aromatic N) is 5. The molecule has 2 fully saturated rings. The zero-order valence-electron chi connectivity index (χ0n) is 16.9. The number of hydrogen-bond acceptors (Lipinski definition) is 4. The summed E-state index contributed by atoms with van der Waals surface area (Å²) in [5, 5.41) is 14.7. The topological polar surface area (TPSA) is 70.4 Å². The van der Waals surface area contributed by atoms with Crippen LogP contribution < -0.4 is 10.6 Å². The van der Waals surface area contributed by atoms with Crippen LogP contribution in [0, 0.1) is 5.92 Å². The second-order valence-electron chi connectivity index (χ2n) is 8.13. The fourth-order valence-electron chi connectivity index (χ4n) is 4.35. The monoisotopic (exact) mass is 375 g/mol. The van der Waals surface area contributed by atoms with E-state index in [4.69, 9.17) is 0 Å². The smallest absolute Gasteiger partial charge is 0.191 e. The van der Waals surface area contributed by atoms with Gasteiger partial charge in [-0.25, -0.2) is 0 Å². The molecule has 7 heteroatoms. The standard InChI is InChI=1S/C20H37N7/c1-21-20(22-11-5-6-12-27-16-23-24-17-27)25-19-9-13-26(14-10-19)15-18-7-3-2-4-8-18/h16-19H,2-15H2,1H3,(H2,21,22,25). The van der Waals surface area contributed by atoms with Crippen LogP contribution in [0.15, 0.2) is 17.6 Å². The number of hydrogen-bond donors (Lipinski definition) is 2. The summed E-state index contributed by atoms with van der Waals surface area (Å²) < 4.78 is 2.02. The van der Waals surface area contributed by atoms with E-state index < -0.39 is 0 Å². The minimum Gasteiger partial charge on any atom is -0.356 e. The number of aromatic nitrogens is 3. The molecule has 0 spiro atoms. The van der Waals surface area contributed by atoms with Gasteiger partial charge in [-0.2, -0.15) is 0 Å². The van der Waals surface area contributed by atoms with Gasteiger partial charge < -0.3 is 20.1 Å². The van der Waals surface area contributed by atoms with Crippen molar-refractivity contribution < 1.29 is 0 Å². The molecule has 1 saturated heterocycles. The summed E-state index contributed by atoms with van der Waals surface area (Å²) in [4.78, 5) is 7.09. The lowest BCUT2D eigenvalue weighted by molar-refractivity contribution is 0.160. The Labute approximate surface area is 164 Å². The van der Waals surface area contributed by atoms with E-state index in [1.807, 2.05) is 11.6 Å². The van der Waals surface area contributed by atoms with Gasteiger partial charge >= 0.3 is 0 Å². The molecule has 2 N–H and O–H groups in total. The summed E-state index contributed by atoms with van der Waals surface area (Å²) in [5.41, 5.74) is 0. The Bertz CT molecular complexity index is 529. The van der Waals surface area contributed by atoms with Crippen molar-refractivity contribution in [1.82, 2.24) is 30.3 Å². The van der Waals surface area contributed by atoms with Crippen molar-refractivity contribution in [2.24, 2.45) is 10.9 Å². The number of aliphatic imine (C=N–C) groups is 1. The van der Waals surface area contributed by atoms with Gasteiger partial charge in [0, 0.05) is 45.8 Å². The Morgan fingerprint density at radius 3 is 2.48 bits per heavy atom. The summed E-state index contributed by atoms with van der Waals surface area (Å²) in [6.45, 7) is 5.70. The maximum Gasteiger partial charge on any atom is 0.191 e. The van der Waals surface area contributed by atoms with Crippen molar-refractivity contribution in [3.63, 3.8) is 0 Å². The van der Waals surface area contributed by atoms with Crippen molar-refractivity contribution in [3.8, 4) is 0 Å². The van der Waals surface area contributed by atoms with Crippen LogP contribution in [0.1, 0.15) is 57.8 Å². The third-order valence-electron chi connectivity index (χ3n) is 6.00. The molecule has 0 aromatic carbocycles. The fraction of sp³-hybridized carbons (Fsp3) is 0.850. The number of guanidine groups is 1. The number of likely N-dealkylation sites (tertiary alicyclic amines) is 1. The summed E-state index contributed by atoms with van der Waals surface area (Å²) in [6.07, 6.45) is 15.5. The predicted molar refractivity (Wildman–Crippen MR) is 110 cm³/mol. The minimum absolute atomic E-state index is 0.552. The summed E-state index contributed by atoms with van der Waals surface area (Å²) in [5.74, 6) is 1.90. The molecule has 0 amide bonds. The minimum atomic E-state index is 0.552. The summed E-state index contributed by atoms with van der Waals surface area (Å²) >= 11 is 0. The fourth-order valence-corrected chi connectivity index (χ4v) is 4.35. The Balaban J connectivity index is 1.26. The molecule has 0 atom stereocenters. The lowest BCUT2D eigenvalue weighted by Crippen LogP contribution is -2.49. The van der Waals surface area contributed by atoms with E-state index in [1.54, 1.807) is 12.7 Å². The van der Waals surface area contributed by atoms with Gasteiger partial charge in [0.15, 0.2) is 5.96 Å². The maximum atomic E-state index is 4.40. The Morgan fingerprint density at radius 2 is 1.78 bits per heavy atom. The molecule has 2 aliphatic rings. The van der Waals surface area contributed by atoms with Crippen molar-refractivity contribution >= 4 is 5.96 Å². The number of nitrogens with one attached hydrogen (secondary N) is 2. The highest BCUT2D eigenvalue weighted by atomic mass is 15.2. The molecule has 1 saturated carbocycles. The van der Waals surface area contributed by atoms with Gasteiger partial charge in [-0.3, -0.25) is 4.99 Å². The largest absolute Gasteiger partial charge is 0.356 e. The van der Waals surface area contributed by atoms with Gasteiger partial charge in [0.25, 0.3) is 0 Å². The number of piperidine rings is 1. The molecular weight excluding hydrogens is 338 g/mol. The molecule has 2 heterocycles. The van der Waals surface area contributed by atoms with Crippen molar-refractivity contribution in [2.75, 3.05) is 33.2 Å². The first-order valence-electron chi connectivity index (χ1n) is 10.9. The van der Waals surface area contributed by atoms with Crippen LogP contribution in [-0.4, -0.2) is 64.9 Å². The normalized spacial score (nSPS) is 20.7. The molecule has 1 aromatic heterocycles. The van der Waals surface area contributed by atoms with E-state index in [9.17, 15) is 0 Å². The molecule has 1 aliphatic carbocycles. The third-order valence-corrected chi connectivity index (χ3v) is 6.00. The van der Waals surface area contributed by atoms with Gasteiger partial charge in [0.05, 0.1) is 0 Å². The molecule has 1 aromatic rings. The first kappa shape index (κ1) is 20.1. The Morgan fingerprint density at radius 1 is 1.04 bits per heavy atom. The molecule has 0 radical (unpaired) electrons. The molecular formula is C20H37N7. The number of aryl methyl sites for hydroxylation is 1. The van der Waals surface area contributed by atoms with E-state index in [0.29, 0.717) is 6.04 Å². The van der Waals surface area contributed by atoms with Gasteiger partial charge in [0.1, 0.15) is 12.7 Å². The SMILES string of the molecule is CN=C(NCCCCn1cnnc1)NC1CCN(CC2CCCCC2)CC1. The van der Waals surface area contributed by atoms with Gasteiger partial charge in [-0.1, -0.05) is 19.3 Å². The summed E-state index contributed by atoms with van der Waals surface area (Å²) in [6, 6.07) is 0.552. The van der Waals surface area contributed by atoms with Crippen LogP contribution in [0.5, 0.6) is 0 Å². The Kier molecular flexibility index (Phi) is 8.39. The predicted octanol–water partition coefficient (Wildman–Crippen LogP) is 2.27. The zero-order valence-corrected chi connectivity index (χ0v) is 16.9. The zero-order chi connectivity index (χ0) is 18.7. The first-order chi connectivity index (χ1) is 13.3. The van der Waals surface area contributed by atoms with E-state index in [2.05, 4.69) is 30.7 Å². The van der Waals surface area contributed by atoms with Gasteiger partial charge in [-0.15, -0.1) is 10.2 Å². The van der Waals surface area contributed by atoms with Crippen LogP contribution in [-0.2, 0) is 6.54 Å². The average Bonchev–Trinajstić information content (AvgIpc) is 3.22. The number of rotatable bonds is 8. The summed E-state index contributed by atoms with van der Waals surface area (Å²) in [7, 11) is 1.87. The second-order valence-corrected chi connectivity index (χ2v) is 8.13. The molecule has 1 aliphatic heterocycles. The molecule has 0 bridgehead atoms. The van der Waals surface area contributed by atoms with Crippen LogP contribution in [0.3, 0.4) is 0 Å². The highest BCUT2D eigenvalue weighted by Crippen LogP contribution is 2.25. The van der Waals surface area contributed by atoms with Crippen LogP contribution in [0.25, 0.3) is 0 Å². The van der Waals surface area contributed by atoms with Crippen molar-refractivity contribution in [3.05, 3.63) is 12.7 Å². The van der Waals surface area contributed by atoms with Crippen LogP contribution in [0.4, 0.5) is 0 Å². The lowest BCUT2D eigenvalue weighted by Gasteiger charge is -2.36. The van der Waals surface area contributed by atoms with Crippen LogP contribution in [0.2, 0.25) is 0 Å². The maximum absolute atomic E-state index is 4.40. The molecule has 0 unspecified atom stereocenters. The quantitative estimate of drug-likeness (QED) is 0.414. The first-order valence-corrected chi connectivity index (χ1v) is 10.9. The van der Waals surface area contributed by atoms with E-state index >= 15 is 0 Å². The van der Waals surface area contributed by atoms with Crippen molar-refractivity contribution in [2.45, 2.75) is 70.4 Å². The molecule has 27 heavy (non-hydrogen) atoms. The molecule has 152 valence electrons.